The molecule has 1 aromatic heterocycles. The molecule has 0 radical (unpaired) electrons. The molecule has 0 atom stereocenters. The molecule has 0 unspecified atom stereocenters. The van der Waals surface area contributed by atoms with Crippen LogP contribution in [0.4, 0.5) is 10.1 Å². The number of nitrogens with one attached hydrogen (secondary N) is 1. The molecule has 9 heteroatoms. The number of rotatable bonds is 4. The fourth-order valence-electron chi connectivity index (χ4n) is 2.55. The Kier molecular flexibility index (Phi) is 4.34. The molecule has 1 saturated carbocycles. The Morgan fingerprint density at radius 3 is 2.58 bits per heavy atom. The molecular formula is C17H12Cl2FN5O. The number of hydrogen-bond donors (Lipinski definition) is 1. The first kappa shape index (κ1) is 16.9. The van der Waals surface area contributed by atoms with Gasteiger partial charge in [0.05, 0.1) is 21.7 Å². The van der Waals surface area contributed by atoms with E-state index in [1.165, 1.54) is 6.07 Å². The van der Waals surface area contributed by atoms with Crippen molar-refractivity contribution in [1.82, 2.24) is 20.2 Å². The number of amides is 1. The zero-order valence-corrected chi connectivity index (χ0v) is 14.8. The van der Waals surface area contributed by atoms with Crippen LogP contribution in [0, 0.1) is 5.82 Å². The van der Waals surface area contributed by atoms with Gasteiger partial charge in [0.15, 0.2) is 5.82 Å². The number of halogens is 3. The molecule has 2 aromatic carbocycles. The summed E-state index contributed by atoms with van der Waals surface area (Å²) in [5, 5.41) is 14.4. The number of aromatic nitrogens is 4. The van der Waals surface area contributed by atoms with Crippen LogP contribution < -0.4 is 5.32 Å². The predicted octanol–water partition coefficient (Wildman–Crippen LogP) is 4.37. The second-order valence-electron chi connectivity index (χ2n) is 5.96. The van der Waals surface area contributed by atoms with E-state index in [1.807, 2.05) is 16.8 Å². The summed E-state index contributed by atoms with van der Waals surface area (Å²) >= 11 is 11.6. The Balaban J connectivity index is 1.53. The first-order valence-corrected chi connectivity index (χ1v) is 8.62. The van der Waals surface area contributed by atoms with Gasteiger partial charge in [0.2, 0.25) is 0 Å². The van der Waals surface area contributed by atoms with Crippen LogP contribution in [-0.2, 0) is 0 Å². The van der Waals surface area contributed by atoms with Crippen LogP contribution in [0.5, 0.6) is 0 Å². The topological polar surface area (TPSA) is 72.7 Å². The summed E-state index contributed by atoms with van der Waals surface area (Å²) in [6, 6.07) is 9.64. The van der Waals surface area contributed by atoms with Crippen molar-refractivity contribution >= 4 is 34.8 Å². The molecular weight excluding hydrogens is 380 g/mol. The Morgan fingerprint density at radius 2 is 1.88 bits per heavy atom. The van der Waals surface area contributed by atoms with Gasteiger partial charge in [0, 0.05) is 11.3 Å². The molecule has 132 valence electrons. The number of carbonyl (C=O) groups excluding carboxylic acids is 1. The second-order valence-corrected chi connectivity index (χ2v) is 6.77. The van der Waals surface area contributed by atoms with Gasteiger partial charge in [-0.25, -0.2) is 9.07 Å². The lowest BCUT2D eigenvalue weighted by molar-refractivity contribution is 0.102. The van der Waals surface area contributed by atoms with Gasteiger partial charge in [0.25, 0.3) is 5.91 Å². The minimum atomic E-state index is -0.705. The normalized spacial score (nSPS) is 13.7. The molecule has 3 aromatic rings. The molecule has 26 heavy (non-hydrogen) atoms. The fourth-order valence-corrected chi connectivity index (χ4v) is 3.02. The molecule has 1 fully saturated rings. The predicted molar refractivity (Wildman–Crippen MR) is 95.9 cm³/mol. The first-order valence-electron chi connectivity index (χ1n) is 7.87. The van der Waals surface area contributed by atoms with Crippen molar-refractivity contribution in [2.24, 2.45) is 0 Å². The van der Waals surface area contributed by atoms with E-state index in [0.29, 0.717) is 17.6 Å². The summed E-state index contributed by atoms with van der Waals surface area (Å²) < 4.78 is 15.4. The molecule has 0 spiro atoms. The number of hydrogen-bond acceptors (Lipinski definition) is 4. The maximum Gasteiger partial charge on any atom is 0.257 e. The molecule has 0 saturated heterocycles. The highest BCUT2D eigenvalue weighted by molar-refractivity contribution is 6.37. The van der Waals surface area contributed by atoms with Gasteiger partial charge in [-0.3, -0.25) is 4.79 Å². The van der Waals surface area contributed by atoms with Crippen molar-refractivity contribution in [3.8, 4) is 11.4 Å². The molecule has 0 aliphatic heterocycles. The van der Waals surface area contributed by atoms with Crippen LogP contribution in [0.25, 0.3) is 11.4 Å². The third-order valence-electron chi connectivity index (χ3n) is 4.04. The summed E-state index contributed by atoms with van der Waals surface area (Å²) in [5.74, 6) is -0.544. The average Bonchev–Trinajstić information content (AvgIpc) is 3.35. The van der Waals surface area contributed by atoms with Gasteiger partial charge >= 0.3 is 0 Å². The molecule has 1 amide bonds. The standard InChI is InChI=1S/C17H12Cl2FN5O/c18-13-8-14(19)15(20)7-12(13)17(26)21-10-3-1-9(2-4-10)16-22-23-24-25(16)11-5-6-11/h1-4,7-8,11H,5-6H2,(H,21,26). The zero-order chi connectivity index (χ0) is 18.3. The number of anilines is 1. The van der Waals surface area contributed by atoms with Crippen LogP contribution in [0.1, 0.15) is 29.2 Å². The number of nitrogens with zero attached hydrogens (tertiary/aromatic N) is 4. The fraction of sp³-hybridized carbons (Fsp3) is 0.176. The summed E-state index contributed by atoms with van der Waals surface area (Å²) in [5.41, 5.74) is 1.39. The molecule has 6 nitrogen and oxygen atoms in total. The largest absolute Gasteiger partial charge is 0.322 e. The summed E-state index contributed by atoms with van der Waals surface area (Å²) in [7, 11) is 0. The maximum atomic E-state index is 13.6. The minimum absolute atomic E-state index is 0.00956. The van der Waals surface area contributed by atoms with E-state index in [9.17, 15) is 9.18 Å². The molecule has 0 bridgehead atoms. The lowest BCUT2D eigenvalue weighted by atomic mass is 10.1. The number of benzene rings is 2. The van der Waals surface area contributed by atoms with Crippen molar-refractivity contribution in [1.29, 1.82) is 0 Å². The van der Waals surface area contributed by atoms with Crippen LogP contribution in [0.15, 0.2) is 36.4 Å². The molecule has 4 rings (SSSR count). The summed E-state index contributed by atoms with van der Waals surface area (Å²) in [6.07, 6.45) is 2.15. The van der Waals surface area contributed by atoms with Crippen molar-refractivity contribution < 1.29 is 9.18 Å². The summed E-state index contributed by atoms with van der Waals surface area (Å²) in [6.45, 7) is 0. The van der Waals surface area contributed by atoms with Gasteiger partial charge in [-0.1, -0.05) is 23.2 Å². The third-order valence-corrected chi connectivity index (χ3v) is 4.64. The molecule has 1 aliphatic rings. The third kappa shape index (κ3) is 3.27. The maximum absolute atomic E-state index is 13.6. The molecule has 1 heterocycles. The van der Waals surface area contributed by atoms with Gasteiger partial charge in [-0.2, -0.15) is 0 Å². The lowest BCUT2D eigenvalue weighted by Crippen LogP contribution is -2.13. The van der Waals surface area contributed by atoms with Crippen LogP contribution in [0.3, 0.4) is 0 Å². The molecule has 1 aliphatic carbocycles. The van der Waals surface area contributed by atoms with E-state index in [-0.39, 0.29) is 15.6 Å². The SMILES string of the molecule is O=C(Nc1ccc(-c2nnnn2C2CC2)cc1)c1cc(F)c(Cl)cc1Cl. The lowest BCUT2D eigenvalue weighted by Gasteiger charge is -2.09. The second kappa shape index (κ2) is 6.66. The van der Waals surface area contributed by atoms with E-state index in [0.717, 1.165) is 24.5 Å². The van der Waals surface area contributed by atoms with Crippen molar-refractivity contribution in [2.45, 2.75) is 18.9 Å². The smallest absolute Gasteiger partial charge is 0.257 e. The molecule has 1 N–H and O–H groups in total. The number of carbonyl (C=O) groups is 1. The summed E-state index contributed by atoms with van der Waals surface area (Å²) in [4.78, 5) is 12.3. The monoisotopic (exact) mass is 391 g/mol. The van der Waals surface area contributed by atoms with Gasteiger partial charge < -0.3 is 5.32 Å². The van der Waals surface area contributed by atoms with E-state index in [1.54, 1.807) is 12.1 Å². The average molecular weight is 392 g/mol. The van der Waals surface area contributed by atoms with Crippen molar-refractivity contribution in [3.63, 3.8) is 0 Å². The van der Waals surface area contributed by atoms with E-state index in [4.69, 9.17) is 23.2 Å². The quantitative estimate of drug-likeness (QED) is 0.670. The first-order chi connectivity index (χ1) is 12.5. The van der Waals surface area contributed by atoms with E-state index < -0.39 is 11.7 Å². The highest BCUT2D eigenvalue weighted by Crippen LogP contribution is 2.36. The van der Waals surface area contributed by atoms with Gasteiger partial charge in [-0.05, 0) is 59.7 Å². The van der Waals surface area contributed by atoms with E-state index >= 15 is 0 Å². The Morgan fingerprint density at radius 1 is 1.15 bits per heavy atom. The number of tetrazole rings is 1. The Hall–Kier alpha value is -2.51. The van der Waals surface area contributed by atoms with Crippen LogP contribution >= 0.6 is 23.2 Å². The zero-order valence-electron chi connectivity index (χ0n) is 13.3. The van der Waals surface area contributed by atoms with Gasteiger partial charge in [-0.15, -0.1) is 5.10 Å². The minimum Gasteiger partial charge on any atom is -0.322 e. The van der Waals surface area contributed by atoms with Gasteiger partial charge in [0.1, 0.15) is 5.82 Å². The van der Waals surface area contributed by atoms with Crippen molar-refractivity contribution in [2.75, 3.05) is 5.32 Å². The van der Waals surface area contributed by atoms with Crippen LogP contribution in [-0.4, -0.2) is 26.1 Å². The Bertz CT molecular complexity index is 985. The highest BCUT2D eigenvalue weighted by Gasteiger charge is 2.28. The van der Waals surface area contributed by atoms with E-state index in [2.05, 4.69) is 20.8 Å². The highest BCUT2D eigenvalue weighted by atomic mass is 35.5. The van der Waals surface area contributed by atoms with Crippen LogP contribution in [0.2, 0.25) is 10.0 Å². The Labute approximate surface area is 157 Å². The van der Waals surface area contributed by atoms with Crippen molar-refractivity contribution in [3.05, 3.63) is 57.8 Å².